The lowest BCUT2D eigenvalue weighted by Gasteiger charge is -2.26. The Morgan fingerprint density at radius 3 is 1.79 bits per heavy atom. The molecule has 3 heteroatoms. The van der Waals surface area contributed by atoms with Gasteiger partial charge in [-0.2, -0.15) is 0 Å². The maximum Gasteiger partial charge on any atom is 0.137 e. The Morgan fingerprint density at radius 2 is 0.981 bits per heavy atom. The number of benzene rings is 9. The van der Waals surface area contributed by atoms with Crippen molar-refractivity contribution in [2.45, 2.75) is 0 Å². The molecular formula is C50H32N2O. The molecule has 11 aromatic rings. The Morgan fingerprint density at radius 1 is 0.377 bits per heavy atom. The Hall–Kier alpha value is -7.10. The van der Waals surface area contributed by atoms with Crippen molar-refractivity contribution in [2.75, 3.05) is 4.90 Å². The van der Waals surface area contributed by atoms with Crippen LogP contribution in [0.5, 0.6) is 0 Å². The number of anilines is 3. The maximum absolute atomic E-state index is 6.38. The van der Waals surface area contributed by atoms with Crippen LogP contribution in [0.25, 0.3) is 82.1 Å². The molecular weight excluding hydrogens is 645 g/mol. The smallest absolute Gasteiger partial charge is 0.137 e. The van der Waals surface area contributed by atoms with Crippen molar-refractivity contribution >= 4 is 82.4 Å². The van der Waals surface area contributed by atoms with Crippen molar-refractivity contribution in [3.05, 3.63) is 194 Å². The zero-order valence-corrected chi connectivity index (χ0v) is 28.8. The van der Waals surface area contributed by atoms with E-state index in [1.54, 1.807) is 0 Å². The standard InChI is InChI=1S/C50H32N2O/c1-3-13-40-33(10-1)12-9-17-41(40)35-20-23-36(24-21-35)51(39-29-30-44-43-15-6-8-19-48(43)53-49(44)32-39)37-25-27-38(28-26-37)52-46-18-7-5-16-45(46)50-42-14-4-2-11-34(42)22-31-47(50)52/h1-32H. The van der Waals surface area contributed by atoms with E-state index in [0.717, 1.165) is 44.7 Å². The minimum atomic E-state index is 0.871. The van der Waals surface area contributed by atoms with Crippen molar-refractivity contribution in [3.63, 3.8) is 0 Å². The van der Waals surface area contributed by atoms with Crippen LogP contribution in [0.15, 0.2) is 199 Å². The number of hydrogen-bond donors (Lipinski definition) is 0. The molecule has 53 heavy (non-hydrogen) atoms. The zero-order valence-electron chi connectivity index (χ0n) is 28.8. The van der Waals surface area contributed by atoms with E-state index in [0.29, 0.717) is 0 Å². The van der Waals surface area contributed by atoms with Crippen molar-refractivity contribution < 1.29 is 4.42 Å². The fourth-order valence-corrected chi connectivity index (χ4v) is 8.34. The molecule has 248 valence electrons. The van der Waals surface area contributed by atoms with Gasteiger partial charge in [-0.25, -0.2) is 0 Å². The lowest BCUT2D eigenvalue weighted by molar-refractivity contribution is 0.669. The monoisotopic (exact) mass is 676 g/mol. The van der Waals surface area contributed by atoms with E-state index in [9.17, 15) is 0 Å². The quantitative estimate of drug-likeness (QED) is 0.181. The van der Waals surface area contributed by atoms with Gasteiger partial charge in [-0.3, -0.25) is 0 Å². The molecule has 9 aromatic carbocycles. The molecule has 0 aliphatic heterocycles. The highest BCUT2D eigenvalue weighted by atomic mass is 16.3. The predicted octanol–water partition coefficient (Wildman–Crippen LogP) is 14.1. The van der Waals surface area contributed by atoms with E-state index in [1.165, 1.54) is 54.5 Å². The molecule has 0 N–H and O–H groups in total. The van der Waals surface area contributed by atoms with Gasteiger partial charge in [-0.1, -0.05) is 121 Å². The fourth-order valence-electron chi connectivity index (χ4n) is 8.34. The molecule has 3 nitrogen and oxygen atoms in total. The third-order valence-corrected chi connectivity index (χ3v) is 10.8. The van der Waals surface area contributed by atoms with Crippen LogP contribution in [0, 0.1) is 0 Å². The first-order chi connectivity index (χ1) is 26.3. The van der Waals surface area contributed by atoms with Crippen molar-refractivity contribution in [3.8, 4) is 16.8 Å². The van der Waals surface area contributed by atoms with Gasteiger partial charge in [0.05, 0.1) is 11.0 Å². The molecule has 0 spiro atoms. The third-order valence-electron chi connectivity index (χ3n) is 10.8. The summed E-state index contributed by atoms with van der Waals surface area (Å²) in [6.45, 7) is 0. The van der Waals surface area contributed by atoms with Gasteiger partial charge >= 0.3 is 0 Å². The molecule has 2 aromatic heterocycles. The summed E-state index contributed by atoms with van der Waals surface area (Å²) < 4.78 is 8.78. The predicted molar refractivity (Wildman–Crippen MR) is 223 cm³/mol. The van der Waals surface area contributed by atoms with Gasteiger partial charge < -0.3 is 13.9 Å². The molecule has 2 heterocycles. The average molecular weight is 677 g/mol. The molecule has 11 rings (SSSR count). The van der Waals surface area contributed by atoms with Crippen LogP contribution in [0.3, 0.4) is 0 Å². The molecule has 0 aliphatic rings. The molecule has 0 unspecified atom stereocenters. The van der Waals surface area contributed by atoms with Crippen LogP contribution in [0.2, 0.25) is 0 Å². The molecule has 0 bridgehead atoms. The SMILES string of the molecule is c1ccc2c(-c3ccc(N(c4ccc(-n5c6ccccc6c6c7ccccc7ccc65)cc4)c4ccc5c(c4)oc4ccccc45)cc3)cccc2c1. The second kappa shape index (κ2) is 11.7. The first-order valence-corrected chi connectivity index (χ1v) is 18.1. The molecule has 0 amide bonds. The van der Waals surface area contributed by atoms with Gasteiger partial charge in [0.2, 0.25) is 0 Å². The van der Waals surface area contributed by atoms with Gasteiger partial charge in [0.25, 0.3) is 0 Å². The van der Waals surface area contributed by atoms with E-state index in [-0.39, 0.29) is 0 Å². The first-order valence-electron chi connectivity index (χ1n) is 18.1. The topological polar surface area (TPSA) is 21.3 Å². The number of fused-ring (bicyclic) bond motifs is 9. The van der Waals surface area contributed by atoms with Crippen LogP contribution < -0.4 is 4.90 Å². The van der Waals surface area contributed by atoms with E-state index in [4.69, 9.17) is 4.42 Å². The summed E-state index contributed by atoms with van der Waals surface area (Å²) in [5, 5.41) is 9.81. The van der Waals surface area contributed by atoms with Gasteiger partial charge in [0.1, 0.15) is 11.2 Å². The van der Waals surface area contributed by atoms with Crippen molar-refractivity contribution in [1.82, 2.24) is 4.57 Å². The minimum absolute atomic E-state index is 0.871. The Balaban J connectivity index is 1.06. The van der Waals surface area contributed by atoms with Gasteiger partial charge in [0, 0.05) is 50.4 Å². The van der Waals surface area contributed by atoms with E-state index >= 15 is 0 Å². The largest absolute Gasteiger partial charge is 0.456 e. The van der Waals surface area contributed by atoms with Gasteiger partial charge in [-0.15, -0.1) is 0 Å². The summed E-state index contributed by atoms with van der Waals surface area (Å²) in [5.74, 6) is 0. The summed E-state index contributed by atoms with van der Waals surface area (Å²) in [7, 11) is 0. The molecule has 0 fully saturated rings. The molecule has 0 radical (unpaired) electrons. The highest BCUT2D eigenvalue weighted by molar-refractivity contribution is 6.21. The Labute approximate surface area is 306 Å². The number of aromatic nitrogens is 1. The summed E-state index contributed by atoms with van der Waals surface area (Å²) >= 11 is 0. The average Bonchev–Trinajstić information content (AvgIpc) is 3.77. The van der Waals surface area contributed by atoms with Gasteiger partial charge in [-0.05, 0) is 99.4 Å². The molecule has 0 saturated heterocycles. The van der Waals surface area contributed by atoms with Crippen LogP contribution in [-0.4, -0.2) is 4.57 Å². The van der Waals surface area contributed by atoms with Gasteiger partial charge in [0.15, 0.2) is 0 Å². The molecule has 0 aliphatic carbocycles. The molecule has 0 saturated carbocycles. The number of para-hydroxylation sites is 2. The lowest BCUT2D eigenvalue weighted by atomic mass is 9.98. The number of rotatable bonds is 5. The van der Waals surface area contributed by atoms with Crippen LogP contribution in [0.1, 0.15) is 0 Å². The second-order valence-electron chi connectivity index (χ2n) is 13.7. The zero-order chi connectivity index (χ0) is 34.9. The van der Waals surface area contributed by atoms with Crippen LogP contribution in [0.4, 0.5) is 17.1 Å². The summed E-state index contributed by atoms with van der Waals surface area (Å²) in [4.78, 5) is 2.32. The minimum Gasteiger partial charge on any atom is -0.456 e. The molecule has 0 atom stereocenters. The summed E-state index contributed by atoms with van der Waals surface area (Å²) in [6, 6.07) is 69.7. The Kier molecular flexibility index (Phi) is 6.55. The normalized spacial score (nSPS) is 11.8. The maximum atomic E-state index is 6.38. The lowest BCUT2D eigenvalue weighted by Crippen LogP contribution is -2.10. The highest BCUT2D eigenvalue weighted by Gasteiger charge is 2.18. The summed E-state index contributed by atoms with van der Waals surface area (Å²) in [5.41, 5.74) is 10.9. The summed E-state index contributed by atoms with van der Waals surface area (Å²) in [6.07, 6.45) is 0. The Bertz CT molecular complexity index is 3160. The second-order valence-corrected chi connectivity index (χ2v) is 13.7. The number of furan rings is 1. The first kappa shape index (κ1) is 29.6. The fraction of sp³-hybridized carbons (Fsp3) is 0. The van der Waals surface area contributed by atoms with Crippen molar-refractivity contribution in [2.24, 2.45) is 0 Å². The van der Waals surface area contributed by atoms with Crippen molar-refractivity contribution in [1.29, 1.82) is 0 Å². The third kappa shape index (κ3) is 4.68. The number of hydrogen-bond acceptors (Lipinski definition) is 2. The van der Waals surface area contributed by atoms with Crippen LogP contribution in [-0.2, 0) is 0 Å². The van der Waals surface area contributed by atoms with E-state index in [2.05, 4.69) is 191 Å². The number of nitrogens with zero attached hydrogens (tertiary/aromatic N) is 2. The van der Waals surface area contributed by atoms with Crippen LogP contribution >= 0.6 is 0 Å². The van der Waals surface area contributed by atoms with E-state index < -0.39 is 0 Å². The highest BCUT2D eigenvalue weighted by Crippen LogP contribution is 2.41. The van der Waals surface area contributed by atoms with E-state index in [1.807, 2.05) is 12.1 Å².